The number of rotatable bonds is 5. The minimum atomic E-state index is -1.26. The lowest BCUT2D eigenvalue weighted by Crippen LogP contribution is -2.60. The molecule has 4 atom stereocenters. The zero-order valence-electron chi connectivity index (χ0n) is 12.6. The second-order valence-electron chi connectivity index (χ2n) is 6.44. The molecule has 1 amide bonds. The third kappa shape index (κ3) is 3.70. The van der Waals surface area contributed by atoms with Crippen molar-refractivity contribution in [1.29, 1.82) is 0 Å². The molecular weight excluding hydrogens is 258 g/mol. The number of carboxylic acids is 1. The van der Waals surface area contributed by atoms with Gasteiger partial charge in [-0.25, -0.2) is 0 Å². The third-order valence-electron chi connectivity index (χ3n) is 4.36. The molecule has 20 heavy (non-hydrogen) atoms. The summed E-state index contributed by atoms with van der Waals surface area (Å²) < 4.78 is 0. The zero-order valence-corrected chi connectivity index (χ0v) is 12.6. The molecule has 0 unspecified atom stereocenters. The molecule has 0 aromatic carbocycles. The van der Waals surface area contributed by atoms with Gasteiger partial charge in [0.2, 0.25) is 5.91 Å². The van der Waals surface area contributed by atoms with E-state index in [1.807, 2.05) is 20.8 Å². The van der Waals surface area contributed by atoms with Crippen LogP contribution in [0.4, 0.5) is 0 Å². The van der Waals surface area contributed by atoms with E-state index in [9.17, 15) is 14.7 Å². The lowest BCUT2D eigenvalue weighted by atomic mass is 9.69. The molecule has 0 heterocycles. The number of carbonyl (C=O) groups excluding carboxylic acids is 1. The Kier molecular flexibility index (Phi) is 5.53. The Morgan fingerprint density at radius 1 is 1.40 bits per heavy atom. The van der Waals surface area contributed by atoms with E-state index in [4.69, 9.17) is 11.5 Å². The lowest BCUT2D eigenvalue weighted by Gasteiger charge is -2.40. The summed E-state index contributed by atoms with van der Waals surface area (Å²) in [7, 11) is 0. The Balaban J connectivity index is 2.66. The molecule has 116 valence electrons. The molecule has 1 saturated carbocycles. The van der Waals surface area contributed by atoms with E-state index in [0.717, 1.165) is 6.42 Å². The molecule has 0 aliphatic heterocycles. The maximum atomic E-state index is 11.8. The van der Waals surface area contributed by atoms with Gasteiger partial charge in [-0.2, -0.15) is 0 Å². The van der Waals surface area contributed by atoms with Gasteiger partial charge in [-0.05, 0) is 24.7 Å². The fourth-order valence-electron chi connectivity index (χ4n) is 2.78. The Morgan fingerprint density at radius 2 is 2.00 bits per heavy atom. The molecule has 6 N–H and O–H groups in total. The van der Waals surface area contributed by atoms with Crippen LogP contribution in [0.2, 0.25) is 0 Å². The molecule has 0 radical (unpaired) electrons. The van der Waals surface area contributed by atoms with E-state index < -0.39 is 17.6 Å². The van der Waals surface area contributed by atoms with Crippen molar-refractivity contribution in [3.63, 3.8) is 0 Å². The number of aliphatic carboxylic acids is 1. The van der Waals surface area contributed by atoms with Crippen molar-refractivity contribution in [3.8, 4) is 0 Å². The van der Waals surface area contributed by atoms with Gasteiger partial charge in [0.1, 0.15) is 5.54 Å². The number of carboxylic acid groups (broad SMARTS) is 1. The van der Waals surface area contributed by atoms with Gasteiger partial charge in [-0.15, -0.1) is 0 Å². The third-order valence-corrected chi connectivity index (χ3v) is 4.36. The van der Waals surface area contributed by atoms with Crippen LogP contribution >= 0.6 is 0 Å². The molecule has 0 bridgehead atoms. The van der Waals surface area contributed by atoms with Crippen LogP contribution in [0.3, 0.4) is 0 Å². The Bertz CT molecular complexity index is 373. The van der Waals surface area contributed by atoms with Crippen LogP contribution in [-0.4, -0.2) is 35.1 Å². The van der Waals surface area contributed by atoms with Crippen LogP contribution in [0.15, 0.2) is 0 Å². The number of hydrogen-bond acceptors (Lipinski definition) is 4. The standard InChI is InChI=1S/C14H27N3O3/c1-8(2)11(15)12(18)17-7-10-5-4-9(3)6-14(10,16)13(19)20/h8-11H,4-7,15-16H2,1-3H3,(H,17,18)(H,19,20)/t9-,10+,11+,14-/m1/s1. The molecule has 1 fully saturated rings. The summed E-state index contributed by atoms with van der Waals surface area (Å²) in [6.07, 6.45) is 2.09. The molecule has 6 heteroatoms. The second-order valence-corrected chi connectivity index (χ2v) is 6.44. The molecule has 1 aliphatic rings. The predicted molar refractivity (Wildman–Crippen MR) is 76.9 cm³/mol. The fraction of sp³-hybridized carbons (Fsp3) is 0.857. The molecule has 1 aliphatic carbocycles. The topological polar surface area (TPSA) is 118 Å². The smallest absolute Gasteiger partial charge is 0.324 e. The molecule has 6 nitrogen and oxygen atoms in total. The van der Waals surface area contributed by atoms with Gasteiger partial charge in [0, 0.05) is 12.5 Å². The normalized spacial score (nSPS) is 31.9. The van der Waals surface area contributed by atoms with Crippen LogP contribution < -0.4 is 16.8 Å². The highest BCUT2D eigenvalue weighted by molar-refractivity contribution is 5.82. The number of hydrogen-bond donors (Lipinski definition) is 4. The monoisotopic (exact) mass is 285 g/mol. The average Bonchev–Trinajstić information content (AvgIpc) is 2.36. The summed E-state index contributed by atoms with van der Waals surface area (Å²) in [5.74, 6) is -1.15. The van der Waals surface area contributed by atoms with Gasteiger partial charge in [0.25, 0.3) is 0 Å². The minimum Gasteiger partial charge on any atom is -0.480 e. The lowest BCUT2D eigenvalue weighted by molar-refractivity contribution is -0.148. The summed E-state index contributed by atoms with van der Waals surface area (Å²) in [6.45, 7) is 6.02. The maximum Gasteiger partial charge on any atom is 0.324 e. The molecule has 0 saturated heterocycles. The highest BCUT2D eigenvalue weighted by Crippen LogP contribution is 2.35. The number of nitrogens with two attached hydrogens (primary N) is 2. The van der Waals surface area contributed by atoms with E-state index in [2.05, 4.69) is 5.32 Å². The fourth-order valence-corrected chi connectivity index (χ4v) is 2.78. The summed E-state index contributed by atoms with van der Waals surface area (Å²) in [4.78, 5) is 23.3. The first-order valence-electron chi connectivity index (χ1n) is 7.24. The van der Waals surface area contributed by atoms with Crippen LogP contribution in [0.5, 0.6) is 0 Å². The Hall–Kier alpha value is -1.14. The second kappa shape index (κ2) is 6.54. The Morgan fingerprint density at radius 3 is 2.50 bits per heavy atom. The average molecular weight is 285 g/mol. The first-order valence-corrected chi connectivity index (χ1v) is 7.24. The van der Waals surface area contributed by atoms with Crippen LogP contribution in [0.1, 0.15) is 40.0 Å². The van der Waals surface area contributed by atoms with Crippen molar-refractivity contribution in [2.24, 2.45) is 29.2 Å². The van der Waals surface area contributed by atoms with E-state index in [-0.39, 0.29) is 24.3 Å². The van der Waals surface area contributed by atoms with E-state index >= 15 is 0 Å². The number of carbonyl (C=O) groups is 2. The van der Waals surface area contributed by atoms with Gasteiger partial charge in [-0.3, -0.25) is 9.59 Å². The van der Waals surface area contributed by atoms with E-state index in [1.54, 1.807) is 0 Å². The summed E-state index contributed by atoms with van der Waals surface area (Å²) in [5, 5.41) is 12.1. The molecule has 1 rings (SSSR count). The molecule has 0 spiro atoms. The van der Waals surface area contributed by atoms with Crippen molar-refractivity contribution >= 4 is 11.9 Å². The van der Waals surface area contributed by atoms with Crippen LogP contribution in [0, 0.1) is 17.8 Å². The summed E-state index contributed by atoms with van der Waals surface area (Å²) in [6, 6.07) is -0.575. The maximum absolute atomic E-state index is 11.8. The first kappa shape index (κ1) is 16.9. The van der Waals surface area contributed by atoms with Gasteiger partial charge in [0.15, 0.2) is 0 Å². The highest BCUT2D eigenvalue weighted by Gasteiger charge is 2.46. The highest BCUT2D eigenvalue weighted by atomic mass is 16.4. The van der Waals surface area contributed by atoms with Crippen LogP contribution in [-0.2, 0) is 9.59 Å². The predicted octanol–water partition coefficient (Wildman–Crippen LogP) is 0.304. The molecular formula is C14H27N3O3. The molecule has 0 aromatic heterocycles. The van der Waals surface area contributed by atoms with Gasteiger partial charge in [-0.1, -0.05) is 27.2 Å². The van der Waals surface area contributed by atoms with E-state index in [1.165, 1.54) is 0 Å². The van der Waals surface area contributed by atoms with Crippen LogP contribution in [0.25, 0.3) is 0 Å². The summed E-state index contributed by atoms with van der Waals surface area (Å²) in [5.41, 5.74) is 10.6. The van der Waals surface area contributed by atoms with Crippen molar-refractivity contribution in [1.82, 2.24) is 5.32 Å². The quantitative estimate of drug-likeness (QED) is 0.579. The first-order chi connectivity index (χ1) is 9.18. The van der Waals surface area contributed by atoms with E-state index in [0.29, 0.717) is 18.8 Å². The number of nitrogens with one attached hydrogen (secondary N) is 1. The largest absolute Gasteiger partial charge is 0.480 e. The Labute approximate surface area is 120 Å². The molecule has 0 aromatic rings. The zero-order chi connectivity index (χ0) is 15.5. The van der Waals surface area contributed by atoms with Crippen molar-refractivity contribution < 1.29 is 14.7 Å². The van der Waals surface area contributed by atoms with Crippen molar-refractivity contribution in [2.75, 3.05) is 6.54 Å². The number of amides is 1. The summed E-state index contributed by atoms with van der Waals surface area (Å²) >= 11 is 0. The van der Waals surface area contributed by atoms with Crippen molar-refractivity contribution in [2.45, 2.75) is 51.6 Å². The van der Waals surface area contributed by atoms with Gasteiger partial charge < -0.3 is 21.9 Å². The SMILES string of the molecule is CC(C)[C@H](N)C(=O)NC[C@@H]1CC[C@@H](C)C[C@]1(N)C(=O)O. The van der Waals surface area contributed by atoms with Gasteiger partial charge >= 0.3 is 5.97 Å². The van der Waals surface area contributed by atoms with Crippen molar-refractivity contribution in [3.05, 3.63) is 0 Å². The van der Waals surface area contributed by atoms with Gasteiger partial charge in [0.05, 0.1) is 6.04 Å². The minimum absolute atomic E-state index is 0.0449.